The molecule has 2 aromatic rings. The Labute approximate surface area is 198 Å². The van der Waals surface area contributed by atoms with Crippen LogP contribution in [0.3, 0.4) is 0 Å². The molecule has 4 rings (SSSR count). The molecule has 0 aliphatic heterocycles. The highest BCUT2D eigenvalue weighted by atomic mass is 79.9. The van der Waals surface area contributed by atoms with E-state index in [0.717, 1.165) is 45.3 Å². The summed E-state index contributed by atoms with van der Waals surface area (Å²) in [4.78, 5) is 0. The molecular formula is C24H29BrCl2N2O. The molecule has 0 heterocycles. The zero-order chi connectivity index (χ0) is 21.3. The van der Waals surface area contributed by atoms with Gasteiger partial charge in [-0.2, -0.15) is 0 Å². The van der Waals surface area contributed by atoms with Crippen molar-refractivity contribution in [2.45, 2.75) is 50.9 Å². The summed E-state index contributed by atoms with van der Waals surface area (Å²) in [7, 11) is 1.69. The SMILES string of the molecule is COC/C=C/c1cc(Cl)cc(CNC2CC2)c1.Clc1cc(Br)cc(CNC2CC2)c1. The van der Waals surface area contributed by atoms with Crippen LogP contribution in [0.5, 0.6) is 0 Å². The van der Waals surface area contributed by atoms with E-state index in [1.807, 2.05) is 36.4 Å². The fraction of sp³-hybridized carbons (Fsp3) is 0.417. The predicted octanol–water partition coefficient (Wildman–Crippen LogP) is 6.61. The largest absolute Gasteiger partial charge is 0.381 e. The van der Waals surface area contributed by atoms with E-state index in [9.17, 15) is 0 Å². The fourth-order valence-electron chi connectivity index (χ4n) is 2.97. The van der Waals surface area contributed by atoms with Crippen LogP contribution in [0.4, 0.5) is 0 Å². The third-order valence-electron chi connectivity index (χ3n) is 4.82. The number of hydrogen-bond acceptors (Lipinski definition) is 3. The summed E-state index contributed by atoms with van der Waals surface area (Å²) in [6.07, 6.45) is 9.28. The normalized spacial score (nSPS) is 15.9. The zero-order valence-electron chi connectivity index (χ0n) is 17.3. The molecule has 30 heavy (non-hydrogen) atoms. The highest BCUT2D eigenvalue weighted by Crippen LogP contribution is 2.23. The molecule has 0 amide bonds. The topological polar surface area (TPSA) is 33.3 Å². The van der Waals surface area contributed by atoms with Gasteiger partial charge in [0.2, 0.25) is 0 Å². The van der Waals surface area contributed by atoms with Crippen LogP contribution >= 0.6 is 39.1 Å². The number of rotatable bonds is 9. The Morgan fingerprint density at radius 2 is 1.47 bits per heavy atom. The Bertz CT molecular complexity index is 831. The van der Waals surface area contributed by atoms with Gasteiger partial charge in [-0.1, -0.05) is 57.4 Å². The Morgan fingerprint density at radius 3 is 2.00 bits per heavy atom. The van der Waals surface area contributed by atoms with Crippen molar-refractivity contribution in [2.75, 3.05) is 13.7 Å². The van der Waals surface area contributed by atoms with Gasteiger partial charge >= 0.3 is 0 Å². The number of ether oxygens (including phenoxy) is 1. The van der Waals surface area contributed by atoms with Gasteiger partial charge in [-0.05, 0) is 72.7 Å². The van der Waals surface area contributed by atoms with Crippen LogP contribution in [0, 0.1) is 0 Å². The van der Waals surface area contributed by atoms with Crippen molar-refractivity contribution in [1.82, 2.24) is 10.6 Å². The van der Waals surface area contributed by atoms with Gasteiger partial charge in [0, 0.05) is 46.8 Å². The van der Waals surface area contributed by atoms with Gasteiger partial charge in [-0.15, -0.1) is 0 Å². The first-order valence-corrected chi connectivity index (χ1v) is 11.9. The van der Waals surface area contributed by atoms with E-state index in [1.165, 1.54) is 36.8 Å². The Kier molecular flexibility index (Phi) is 9.69. The van der Waals surface area contributed by atoms with E-state index in [4.69, 9.17) is 27.9 Å². The second-order valence-electron chi connectivity index (χ2n) is 7.84. The fourth-order valence-corrected chi connectivity index (χ4v) is 4.16. The highest BCUT2D eigenvalue weighted by Gasteiger charge is 2.20. The van der Waals surface area contributed by atoms with Gasteiger partial charge in [0.25, 0.3) is 0 Å². The third kappa shape index (κ3) is 9.51. The van der Waals surface area contributed by atoms with E-state index < -0.39 is 0 Å². The standard InChI is InChI=1S/C14H18ClNO.C10H11BrClN/c1-17-6-2-3-11-7-12(9-13(15)8-11)10-16-14-4-5-14;11-8-3-7(4-9(12)5-8)6-13-10-1-2-10/h2-3,7-9,14,16H,4-6,10H2,1H3;3-5,10,13H,1-2,6H2/b3-2+;. The molecule has 0 radical (unpaired) electrons. The molecule has 2 saturated carbocycles. The quantitative estimate of drug-likeness (QED) is 0.397. The van der Waals surface area contributed by atoms with Crippen molar-refractivity contribution in [3.63, 3.8) is 0 Å². The molecule has 0 spiro atoms. The van der Waals surface area contributed by atoms with Gasteiger partial charge in [0.15, 0.2) is 0 Å². The van der Waals surface area contributed by atoms with Crippen molar-refractivity contribution in [3.05, 3.63) is 73.7 Å². The van der Waals surface area contributed by atoms with Crippen LogP contribution in [0.2, 0.25) is 10.0 Å². The number of benzene rings is 2. The molecule has 0 aromatic heterocycles. The summed E-state index contributed by atoms with van der Waals surface area (Å²) in [5, 5.41) is 8.52. The molecule has 2 aliphatic carbocycles. The Balaban J connectivity index is 0.000000177. The number of halogens is 3. The summed E-state index contributed by atoms with van der Waals surface area (Å²) in [5.41, 5.74) is 3.61. The molecule has 2 N–H and O–H groups in total. The van der Waals surface area contributed by atoms with E-state index in [2.05, 4.69) is 38.7 Å². The molecule has 2 aromatic carbocycles. The maximum atomic E-state index is 6.10. The summed E-state index contributed by atoms with van der Waals surface area (Å²) >= 11 is 15.4. The summed E-state index contributed by atoms with van der Waals surface area (Å²) in [5.74, 6) is 0. The van der Waals surface area contributed by atoms with Gasteiger partial charge in [-0.25, -0.2) is 0 Å². The van der Waals surface area contributed by atoms with E-state index in [0.29, 0.717) is 6.61 Å². The van der Waals surface area contributed by atoms with E-state index in [1.54, 1.807) is 7.11 Å². The van der Waals surface area contributed by atoms with Crippen molar-refractivity contribution in [1.29, 1.82) is 0 Å². The van der Waals surface area contributed by atoms with Crippen LogP contribution < -0.4 is 10.6 Å². The van der Waals surface area contributed by atoms with Crippen LogP contribution in [0.15, 0.2) is 46.9 Å². The number of hydrogen-bond donors (Lipinski definition) is 2. The van der Waals surface area contributed by atoms with Gasteiger partial charge in [-0.3, -0.25) is 0 Å². The maximum Gasteiger partial charge on any atom is 0.0646 e. The first-order valence-electron chi connectivity index (χ1n) is 10.4. The third-order valence-corrected chi connectivity index (χ3v) is 5.71. The zero-order valence-corrected chi connectivity index (χ0v) is 20.4. The molecule has 0 bridgehead atoms. The first kappa shape index (κ1) is 23.8. The first-order chi connectivity index (χ1) is 14.5. The van der Waals surface area contributed by atoms with Crippen molar-refractivity contribution < 1.29 is 4.74 Å². The molecule has 0 saturated heterocycles. The maximum absolute atomic E-state index is 6.10. The molecule has 0 unspecified atom stereocenters. The Morgan fingerprint density at radius 1 is 0.900 bits per heavy atom. The second kappa shape index (κ2) is 12.2. The number of methoxy groups -OCH3 is 1. The summed E-state index contributed by atoms with van der Waals surface area (Å²) in [6, 6.07) is 13.6. The molecule has 162 valence electrons. The van der Waals surface area contributed by atoms with Crippen LogP contribution in [-0.2, 0) is 17.8 Å². The average Bonchev–Trinajstić information content (AvgIpc) is 3.60. The lowest BCUT2D eigenvalue weighted by Gasteiger charge is -2.05. The average molecular weight is 512 g/mol. The van der Waals surface area contributed by atoms with Crippen LogP contribution in [-0.4, -0.2) is 25.8 Å². The number of nitrogens with one attached hydrogen (secondary N) is 2. The van der Waals surface area contributed by atoms with Crippen LogP contribution in [0.1, 0.15) is 42.4 Å². The van der Waals surface area contributed by atoms with Crippen molar-refractivity contribution in [3.8, 4) is 0 Å². The van der Waals surface area contributed by atoms with E-state index >= 15 is 0 Å². The lowest BCUT2D eigenvalue weighted by Crippen LogP contribution is -2.15. The molecule has 6 heteroatoms. The minimum atomic E-state index is 0.627. The van der Waals surface area contributed by atoms with Crippen LogP contribution in [0.25, 0.3) is 6.08 Å². The monoisotopic (exact) mass is 510 g/mol. The highest BCUT2D eigenvalue weighted by molar-refractivity contribution is 9.10. The summed E-state index contributed by atoms with van der Waals surface area (Å²) in [6.45, 7) is 2.45. The lowest BCUT2D eigenvalue weighted by molar-refractivity contribution is 0.234. The molecule has 2 aliphatic rings. The van der Waals surface area contributed by atoms with Gasteiger partial charge in [0.05, 0.1) is 6.61 Å². The molecule has 2 fully saturated rings. The second-order valence-corrected chi connectivity index (χ2v) is 9.63. The van der Waals surface area contributed by atoms with Crippen molar-refractivity contribution in [2.24, 2.45) is 0 Å². The minimum absolute atomic E-state index is 0.627. The molecule has 0 atom stereocenters. The van der Waals surface area contributed by atoms with Gasteiger partial charge in [0.1, 0.15) is 0 Å². The minimum Gasteiger partial charge on any atom is -0.381 e. The summed E-state index contributed by atoms with van der Waals surface area (Å²) < 4.78 is 6.03. The van der Waals surface area contributed by atoms with E-state index in [-0.39, 0.29) is 0 Å². The predicted molar refractivity (Wildman–Crippen MR) is 131 cm³/mol. The smallest absolute Gasteiger partial charge is 0.0646 e. The molecule has 3 nitrogen and oxygen atoms in total. The Hall–Kier alpha value is -0.880. The van der Waals surface area contributed by atoms with Crippen molar-refractivity contribution >= 4 is 45.2 Å². The molecular weight excluding hydrogens is 483 g/mol. The van der Waals surface area contributed by atoms with Gasteiger partial charge < -0.3 is 15.4 Å². The lowest BCUT2D eigenvalue weighted by atomic mass is 10.1.